The molecule has 0 aliphatic carbocycles. The van der Waals surface area contributed by atoms with Gasteiger partial charge in [-0.25, -0.2) is 4.79 Å². The van der Waals surface area contributed by atoms with Crippen molar-refractivity contribution in [2.45, 2.75) is 49.9 Å². The Morgan fingerprint density at radius 3 is 1.15 bits per heavy atom. The van der Waals surface area contributed by atoms with E-state index >= 15 is 0 Å². The van der Waals surface area contributed by atoms with Gasteiger partial charge in [0.2, 0.25) is 17.7 Å². The van der Waals surface area contributed by atoms with Gasteiger partial charge in [0.15, 0.2) is 0 Å². The Hall–Kier alpha value is -4.28. The predicted octanol–water partition coefficient (Wildman–Crippen LogP) is -4.25. The number of nitrogens with two attached hydrogens (primary N) is 1. The average molecular weight is 478 g/mol. The largest absolute Gasteiger partial charge is 0.481 e. The number of carbonyl (C=O) groups is 8. The molecule has 0 aliphatic heterocycles. The van der Waals surface area contributed by atoms with Gasteiger partial charge in [0.25, 0.3) is 0 Å². The van der Waals surface area contributed by atoms with Crippen LogP contribution in [0.1, 0.15) is 25.7 Å². The van der Waals surface area contributed by atoms with Crippen LogP contribution in [0.3, 0.4) is 0 Å². The van der Waals surface area contributed by atoms with Crippen LogP contribution >= 0.6 is 0 Å². The van der Waals surface area contributed by atoms with Crippen molar-refractivity contribution in [1.29, 1.82) is 0 Å². The summed E-state index contributed by atoms with van der Waals surface area (Å²) in [4.78, 5) is 91.1. The van der Waals surface area contributed by atoms with E-state index in [4.69, 9.17) is 31.3 Å². The molecule has 0 fully saturated rings. The fraction of sp³-hybridized carbons (Fsp3) is 0.500. The number of nitrogens with one attached hydrogen (secondary N) is 3. The van der Waals surface area contributed by atoms with Gasteiger partial charge in [-0.3, -0.25) is 33.6 Å². The van der Waals surface area contributed by atoms with Gasteiger partial charge in [-0.05, 0) is 0 Å². The van der Waals surface area contributed by atoms with Gasteiger partial charge < -0.3 is 47.2 Å². The van der Waals surface area contributed by atoms with E-state index in [-0.39, 0.29) is 0 Å². The minimum atomic E-state index is -1.99. The van der Waals surface area contributed by atoms with E-state index in [2.05, 4.69) is 0 Å². The molecular weight excluding hydrogens is 456 g/mol. The van der Waals surface area contributed by atoms with Crippen molar-refractivity contribution in [3.63, 3.8) is 0 Å². The van der Waals surface area contributed by atoms with E-state index in [0.29, 0.717) is 0 Å². The fourth-order valence-electron chi connectivity index (χ4n) is 2.25. The summed E-state index contributed by atoms with van der Waals surface area (Å²) in [6.07, 6.45) is -4.13. The number of carboxylic acids is 5. The predicted molar refractivity (Wildman–Crippen MR) is 100 cm³/mol. The van der Waals surface area contributed by atoms with Crippen molar-refractivity contribution < 1.29 is 63.9 Å². The van der Waals surface area contributed by atoms with Crippen LogP contribution in [0.4, 0.5) is 0 Å². The second-order valence-electron chi connectivity index (χ2n) is 6.52. The summed E-state index contributed by atoms with van der Waals surface area (Å²) in [6, 6.07) is -7.57. The Labute approximate surface area is 183 Å². The standard InChI is InChI=1S/C16H22N4O13/c17-5(1-9(21)22)13(29)18-6(2-10(23)24)14(30)19-7(3-11(25)26)15(31)20-8(16(32)33)4-12(27)28/h5-8H,1-4,17H2,(H,18,29)(H,19,30)(H,20,31)(H,21,22)(H,23,24)(H,25,26)(H,27,28)(H,32,33)/t5-,6-,7-,8+/m1/s1. The Morgan fingerprint density at radius 2 is 0.818 bits per heavy atom. The first kappa shape index (κ1) is 28.7. The molecule has 0 aromatic carbocycles. The molecule has 0 aromatic heterocycles. The Morgan fingerprint density at radius 1 is 0.515 bits per heavy atom. The number of aliphatic carboxylic acids is 5. The van der Waals surface area contributed by atoms with Crippen LogP contribution in [0, 0.1) is 0 Å². The van der Waals surface area contributed by atoms with Crippen molar-refractivity contribution in [3.05, 3.63) is 0 Å². The summed E-state index contributed by atoms with van der Waals surface area (Å²) in [5.41, 5.74) is 5.32. The highest BCUT2D eigenvalue weighted by Crippen LogP contribution is 2.02. The first-order chi connectivity index (χ1) is 15.1. The number of hydrogen-bond acceptors (Lipinski definition) is 9. The molecule has 184 valence electrons. The molecule has 17 heteroatoms. The molecular formula is C16H22N4O13. The average Bonchev–Trinajstić information content (AvgIpc) is 2.64. The summed E-state index contributed by atoms with van der Waals surface area (Å²) in [6.45, 7) is 0. The van der Waals surface area contributed by atoms with Gasteiger partial charge in [0, 0.05) is 0 Å². The van der Waals surface area contributed by atoms with E-state index in [1.165, 1.54) is 0 Å². The summed E-state index contributed by atoms with van der Waals surface area (Å²) in [5, 5.41) is 49.6. The summed E-state index contributed by atoms with van der Waals surface area (Å²) in [7, 11) is 0. The SMILES string of the molecule is N[C@H](CC(=O)O)C(=O)N[C@H](CC(=O)O)C(=O)N[C@H](CC(=O)O)C(=O)N[C@@H](CC(=O)O)C(=O)O. The van der Waals surface area contributed by atoms with Crippen LogP contribution in [0.25, 0.3) is 0 Å². The first-order valence-corrected chi connectivity index (χ1v) is 8.90. The highest BCUT2D eigenvalue weighted by atomic mass is 16.4. The third-order valence-corrected chi connectivity index (χ3v) is 3.75. The summed E-state index contributed by atoms with van der Waals surface area (Å²) >= 11 is 0. The van der Waals surface area contributed by atoms with Crippen LogP contribution in [0.2, 0.25) is 0 Å². The number of carboxylic acid groups (broad SMARTS) is 5. The molecule has 0 aliphatic rings. The molecule has 0 rings (SSSR count). The van der Waals surface area contributed by atoms with Gasteiger partial charge in [0.05, 0.1) is 31.7 Å². The Bertz CT molecular complexity index is 827. The van der Waals surface area contributed by atoms with Crippen LogP contribution < -0.4 is 21.7 Å². The van der Waals surface area contributed by atoms with E-state index in [0.717, 1.165) is 0 Å². The maximum atomic E-state index is 12.4. The number of amides is 3. The lowest BCUT2D eigenvalue weighted by atomic mass is 10.1. The molecule has 0 radical (unpaired) electrons. The van der Waals surface area contributed by atoms with Crippen molar-refractivity contribution in [2.75, 3.05) is 0 Å². The van der Waals surface area contributed by atoms with Gasteiger partial charge in [-0.2, -0.15) is 0 Å². The second kappa shape index (κ2) is 13.2. The highest BCUT2D eigenvalue weighted by Gasteiger charge is 2.33. The van der Waals surface area contributed by atoms with Crippen LogP contribution in [0.15, 0.2) is 0 Å². The van der Waals surface area contributed by atoms with Gasteiger partial charge >= 0.3 is 29.8 Å². The first-order valence-electron chi connectivity index (χ1n) is 8.90. The second-order valence-corrected chi connectivity index (χ2v) is 6.52. The normalized spacial score (nSPS) is 14.0. The lowest BCUT2D eigenvalue weighted by Gasteiger charge is -2.23. The van der Waals surface area contributed by atoms with E-state index in [9.17, 15) is 38.4 Å². The molecule has 17 nitrogen and oxygen atoms in total. The number of rotatable bonds is 15. The maximum absolute atomic E-state index is 12.4. The Balaban J connectivity index is 5.58. The molecule has 33 heavy (non-hydrogen) atoms. The molecule has 0 unspecified atom stereocenters. The number of carbonyl (C=O) groups excluding carboxylic acids is 3. The van der Waals surface area contributed by atoms with Crippen molar-refractivity contribution in [3.8, 4) is 0 Å². The molecule has 0 saturated heterocycles. The topological polar surface area (TPSA) is 300 Å². The zero-order valence-electron chi connectivity index (χ0n) is 16.7. The molecule has 10 N–H and O–H groups in total. The lowest BCUT2D eigenvalue weighted by Crippen LogP contribution is -2.58. The minimum Gasteiger partial charge on any atom is -0.481 e. The summed E-state index contributed by atoms with van der Waals surface area (Å²) in [5.74, 6) is -12.1. The lowest BCUT2D eigenvalue weighted by molar-refractivity contribution is -0.148. The van der Waals surface area contributed by atoms with Crippen LogP contribution in [-0.2, 0) is 38.4 Å². The van der Waals surface area contributed by atoms with Crippen molar-refractivity contribution >= 4 is 47.6 Å². The smallest absolute Gasteiger partial charge is 0.326 e. The van der Waals surface area contributed by atoms with Crippen molar-refractivity contribution in [1.82, 2.24) is 16.0 Å². The van der Waals surface area contributed by atoms with Gasteiger partial charge in [-0.1, -0.05) is 0 Å². The quantitative estimate of drug-likeness (QED) is 0.108. The molecule has 0 heterocycles. The monoisotopic (exact) mass is 478 g/mol. The highest BCUT2D eigenvalue weighted by molar-refractivity contribution is 5.97. The van der Waals surface area contributed by atoms with Gasteiger partial charge in [-0.15, -0.1) is 0 Å². The summed E-state index contributed by atoms with van der Waals surface area (Å²) < 4.78 is 0. The molecule has 0 spiro atoms. The maximum Gasteiger partial charge on any atom is 0.326 e. The molecule has 0 bridgehead atoms. The number of hydrogen-bond donors (Lipinski definition) is 9. The third-order valence-electron chi connectivity index (χ3n) is 3.75. The van der Waals surface area contributed by atoms with E-state index in [1.54, 1.807) is 5.32 Å². The van der Waals surface area contributed by atoms with E-state index < -0.39 is 97.4 Å². The molecule has 3 amide bonds. The molecule has 0 aromatic rings. The fourth-order valence-corrected chi connectivity index (χ4v) is 2.25. The van der Waals surface area contributed by atoms with Crippen LogP contribution in [-0.4, -0.2) is 97.3 Å². The Kier molecular flexibility index (Phi) is 11.5. The molecule has 4 atom stereocenters. The zero-order valence-corrected chi connectivity index (χ0v) is 16.7. The van der Waals surface area contributed by atoms with Crippen LogP contribution in [0.5, 0.6) is 0 Å². The van der Waals surface area contributed by atoms with Gasteiger partial charge in [0.1, 0.15) is 18.1 Å². The van der Waals surface area contributed by atoms with E-state index in [1.807, 2.05) is 10.6 Å². The van der Waals surface area contributed by atoms with Crippen molar-refractivity contribution in [2.24, 2.45) is 5.73 Å². The third kappa shape index (κ3) is 11.6. The minimum absolute atomic E-state index is 0.864. The zero-order chi connectivity index (χ0) is 25.9. The molecule has 0 saturated carbocycles.